The van der Waals surface area contributed by atoms with Crippen molar-refractivity contribution >= 4 is 19.7 Å². The summed E-state index contributed by atoms with van der Waals surface area (Å²) in [7, 11) is -4.88. The fourth-order valence-electron chi connectivity index (χ4n) is 4.54. The number of rotatable bonds is 9. The Balaban J connectivity index is 2.11. The number of phosphoric acid groups is 1. The van der Waals surface area contributed by atoms with Crippen molar-refractivity contribution < 1.29 is 33.6 Å². The summed E-state index contributed by atoms with van der Waals surface area (Å²) in [6, 6.07) is 0. The van der Waals surface area contributed by atoms with Crippen LogP contribution in [0.25, 0.3) is 0 Å². The van der Waals surface area contributed by atoms with Crippen molar-refractivity contribution in [2.45, 2.75) is 59.4 Å². The first kappa shape index (κ1) is 26.3. The molecule has 1 aliphatic carbocycles. The highest BCUT2D eigenvalue weighted by Crippen LogP contribution is 2.42. The van der Waals surface area contributed by atoms with Crippen molar-refractivity contribution in [3.63, 3.8) is 0 Å². The highest BCUT2D eigenvalue weighted by atomic mass is 31.2. The van der Waals surface area contributed by atoms with Gasteiger partial charge in [-0.1, -0.05) is 62.3 Å². The fraction of sp³-hybridized carbons (Fsp3) is 0.565. The minimum atomic E-state index is -4.88. The van der Waals surface area contributed by atoms with Gasteiger partial charge in [0.2, 0.25) is 5.91 Å². The lowest BCUT2D eigenvalue weighted by atomic mass is 9.69. The molecular formula is C23H34NO7P. The molecular weight excluding hydrogens is 433 g/mol. The Morgan fingerprint density at radius 2 is 2.03 bits per heavy atom. The molecule has 0 aromatic heterocycles. The molecule has 9 heteroatoms. The number of carbonyl (C=O) groups excluding carboxylic acids is 1. The molecule has 0 aromatic carbocycles. The summed E-state index contributed by atoms with van der Waals surface area (Å²) in [5.74, 6) is -3.40. The summed E-state index contributed by atoms with van der Waals surface area (Å²) in [5.41, 5.74) is 2.04. The molecule has 8 nitrogen and oxygen atoms in total. The normalized spacial score (nSPS) is 27.5. The van der Waals surface area contributed by atoms with Crippen LogP contribution in [-0.2, 0) is 18.7 Å². The molecule has 4 N–H and O–H groups in total. The van der Waals surface area contributed by atoms with Crippen LogP contribution in [0.4, 0.5) is 0 Å². The topological polar surface area (TPSA) is 133 Å². The van der Waals surface area contributed by atoms with Gasteiger partial charge in [0.1, 0.15) is 0 Å². The Kier molecular flexibility index (Phi) is 8.10. The van der Waals surface area contributed by atoms with E-state index in [0.29, 0.717) is 0 Å². The van der Waals surface area contributed by atoms with Gasteiger partial charge in [0.25, 0.3) is 0 Å². The third kappa shape index (κ3) is 6.07. The van der Waals surface area contributed by atoms with Crippen molar-refractivity contribution in [3.05, 3.63) is 47.1 Å². The predicted molar refractivity (Wildman–Crippen MR) is 122 cm³/mol. The van der Waals surface area contributed by atoms with E-state index in [1.807, 2.05) is 19.1 Å². The van der Waals surface area contributed by atoms with Crippen LogP contribution in [0.15, 0.2) is 47.1 Å². The van der Waals surface area contributed by atoms with Crippen LogP contribution in [0.2, 0.25) is 0 Å². The zero-order valence-corrected chi connectivity index (χ0v) is 20.2. The third-order valence-electron chi connectivity index (χ3n) is 6.36. The zero-order chi connectivity index (χ0) is 24.3. The molecule has 0 spiro atoms. The molecule has 0 bridgehead atoms. The number of allylic oxidation sites excluding steroid dienone is 8. The van der Waals surface area contributed by atoms with Crippen LogP contribution in [-0.4, -0.2) is 38.9 Å². The average molecular weight is 467 g/mol. The van der Waals surface area contributed by atoms with Crippen LogP contribution in [0.3, 0.4) is 0 Å². The van der Waals surface area contributed by atoms with E-state index in [2.05, 4.69) is 36.7 Å². The molecule has 1 saturated heterocycles. The minimum Gasteiger partial charge on any atom is -0.479 e. The highest BCUT2D eigenvalue weighted by molar-refractivity contribution is 7.46. The predicted octanol–water partition coefficient (Wildman–Crippen LogP) is 3.89. The van der Waals surface area contributed by atoms with Gasteiger partial charge in [-0.2, -0.15) is 0 Å². The van der Waals surface area contributed by atoms with Crippen LogP contribution >= 0.6 is 7.82 Å². The number of nitrogens with one attached hydrogen (secondary N) is 1. The van der Waals surface area contributed by atoms with Crippen molar-refractivity contribution in [1.29, 1.82) is 0 Å². The van der Waals surface area contributed by atoms with Gasteiger partial charge >= 0.3 is 13.8 Å². The Bertz CT molecular complexity index is 925. The number of phosphoric ester groups is 1. The van der Waals surface area contributed by atoms with E-state index >= 15 is 0 Å². The molecule has 3 unspecified atom stereocenters. The van der Waals surface area contributed by atoms with Gasteiger partial charge in [-0.3, -0.25) is 9.32 Å². The summed E-state index contributed by atoms with van der Waals surface area (Å²) in [4.78, 5) is 41.7. The van der Waals surface area contributed by atoms with Crippen molar-refractivity contribution in [2.75, 3.05) is 6.61 Å². The SMILES string of the molecule is CC1=C(/C=C/C(C)=C/C=C/C(C)C2C(=O)NC2(COP(=O)(O)O)C(=O)O)C(C)(C)CCC1. The highest BCUT2D eigenvalue weighted by Gasteiger charge is 2.61. The summed E-state index contributed by atoms with van der Waals surface area (Å²) in [6.07, 6.45) is 13.0. The number of aliphatic carboxylic acids is 1. The molecule has 0 aromatic rings. The quantitative estimate of drug-likeness (QED) is 0.230. The molecule has 1 amide bonds. The van der Waals surface area contributed by atoms with E-state index in [-0.39, 0.29) is 5.41 Å². The molecule has 0 radical (unpaired) electrons. The van der Waals surface area contributed by atoms with Crippen molar-refractivity contribution in [1.82, 2.24) is 5.32 Å². The number of carboxylic acids is 1. The van der Waals surface area contributed by atoms with Crippen molar-refractivity contribution in [3.8, 4) is 0 Å². The lowest BCUT2D eigenvalue weighted by Gasteiger charge is -2.47. The van der Waals surface area contributed by atoms with Crippen LogP contribution < -0.4 is 5.32 Å². The molecule has 1 aliphatic heterocycles. The summed E-state index contributed by atoms with van der Waals surface area (Å²) in [5, 5.41) is 11.8. The molecule has 32 heavy (non-hydrogen) atoms. The maximum absolute atomic E-state index is 12.1. The number of amides is 1. The number of carboxylic acid groups (broad SMARTS) is 1. The van der Waals surface area contributed by atoms with E-state index in [0.717, 1.165) is 18.4 Å². The number of β-lactam (4-membered cyclic amide) rings is 1. The number of hydrogen-bond acceptors (Lipinski definition) is 4. The van der Waals surface area contributed by atoms with E-state index < -0.39 is 43.7 Å². The summed E-state index contributed by atoms with van der Waals surface area (Å²) in [6.45, 7) is 9.52. The largest absolute Gasteiger partial charge is 0.479 e. The van der Waals surface area contributed by atoms with Gasteiger partial charge in [-0.25, -0.2) is 9.36 Å². The van der Waals surface area contributed by atoms with Gasteiger partial charge < -0.3 is 20.2 Å². The maximum Gasteiger partial charge on any atom is 0.469 e. The second kappa shape index (κ2) is 9.87. The standard InChI is InChI=1S/C23H34NO7P/c1-15(11-12-18-16(2)10-7-13-22(18,4)5)8-6-9-17(3)19-20(25)24-23(19,21(26)27)14-31-32(28,29)30/h6,8-9,11-12,17,19H,7,10,13-14H2,1-5H3,(H,24,25)(H,26,27)(H2,28,29,30)/b9-6+,12-11+,15-8+. The number of hydrogen-bond donors (Lipinski definition) is 4. The average Bonchev–Trinajstić information content (AvgIpc) is 2.62. The second-order valence-electron chi connectivity index (χ2n) is 9.43. The summed E-state index contributed by atoms with van der Waals surface area (Å²) < 4.78 is 15.4. The fourth-order valence-corrected chi connectivity index (χ4v) is 4.92. The Morgan fingerprint density at radius 1 is 1.38 bits per heavy atom. The van der Waals surface area contributed by atoms with E-state index in [4.69, 9.17) is 9.79 Å². The zero-order valence-electron chi connectivity index (χ0n) is 19.3. The molecule has 2 rings (SSSR count). The number of carbonyl (C=O) groups is 2. The Morgan fingerprint density at radius 3 is 2.56 bits per heavy atom. The molecule has 2 aliphatic rings. The first-order chi connectivity index (χ1) is 14.7. The van der Waals surface area contributed by atoms with E-state index in [1.54, 1.807) is 19.1 Å². The molecule has 0 saturated carbocycles. The third-order valence-corrected chi connectivity index (χ3v) is 6.82. The smallest absolute Gasteiger partial charge is 0.469 e. The van der Waals surface area contributed by atoms with Crippen molar-refractivity contribution in [2.24, 2.45) is 17.3 Å². The first-order valence-corrected chi connectivity index (χ1v) is 12.2. The monoisotopic (exact) mass is 467 g/mol. The van der Waals surface area contributed by atoms with Gasteiger partial charge in [0, 0.05) is 0 Å². The Hall–Kier alpha value is -1.99. The van der Waals surface area contributed by atoms with Gasteiger partial charge in [0.05, 0.1) is 12.5 Å². The molecule has 1 fully saturated rings. The maximum atomic E-state index is 12.1. The molecule has 178 valence electrons. The van der Waals surface area contributed by atoms with Gasteiger partial charge in [0.15, 0.2) is 5.54 Å². The molecule has 1 heterocycles. The first-order valence-electron chi connectivity index (χ1n) is 10.7. The lowest BCUT2D eigenvalue weighted by molar-refractivity contribution is -0.168. The van der Waals surface area contributed by atoms with Crippen LogP contribution in [0.1, 0.15) is 53.9 Å². The lowest BCUT2D eigenvalue weighted by Crippen LogP contribution is -2.76. The van der Waals surface area contributed by atoms with Crippen LogP contribution in [0, 0.1) is 17.3 Å². The van der Waals surface area contributed by atoms with E-state index in [1.165, 1.54) is 17.6 Å². The van der Waals surface area contributed by atoms with Crippen LogP contribution in [0.5, 0.6) is 0 Å². The summed E-state index contributed by atoms with van der Waals surface area (Å²) >= 11 is 0. The van der Waals surface area contributed by atoms with Gasteiger partial charge in [-0.15, -0.1) is 0 Å². The minimum absolute atomic E-state index is 0.149. The van der Waals surface area contributed by atoms with E-state index in [9.17, 15) is 19.3 Å². The molecule has 3 atom stereocenters. The van der Waals surface area contributed by atoms with Gasteiger partial charge in [-0.05, 0) is 50.0 Å². The Labute approximate surface area is 189 Å². The second-order valence-corrected chi connectivity index (χ2v) is 10.7.